The minimum absolute atomic E-state index is 0.00747. The Morgan fingerprint density at radius 3 is 2.38 bits per heavy atom. The van der Waals surface area contributed by atoms with Gasteiger partial charge in [-0.05, 0) is 36.8 Å². The van der Waals surface area contributed by atoms with E-state index in [4.69, 9.17) is 10.2 Å². The molecule has 2 aromatic carbocycles. The minimum atomic E-state index is 0.00747. The average molecular weight is 436 g/mol. The van der Waals surface area contributed by atoms with E-state index in [0.29, 0.717) is 22.6 Å². The van der Waals surface area contributed by atoms with Gasteiger partial charge < -0.3 is 5.11 Å². The molecule has 154 valence electrons. The highest BCUT2D eigenvalue weighted by molar-refractivity contribution is 7.13. The van der Waals surface area contributed by atoms with Crippen LogP contribution in [-0.4, -0.2) is 24.9 Å². The first kappa shape index (κ1) is 19.7. The summed E-state index contributed by atoms with van der Waals surface area (Å²) in [6.07, 6.45) is 1.74. The number of benzene rings is 2. The van der Waals surface area contributed by atoms with Gasteiger partial charge in [0.05, 0.1) is 28.6 Å². The fourth-order valence-electron chi connectivity index (χ4n) is 3.51. The van der Waals surface area contributed by atoms with Crippen molar-refractivity contribution >= 4 is 11.3 Å². The molecule has 0 saturated carbocycles. The number of aromatic hydroxyl groups is 1. The number of nitrogens with zero attached hydrogens (tertiary/aromatic N) is 5. The van der Waals surface area contributed by atoms with E-state index in [-0.39, 0.29) is 5.88 Å². The van der Waals surface area contributed by atoms with E-state index >= 15 is 0 Å². The van der Waals surface area contributed by atoms with Gasteiger partial charge in [0, 0.05) is 22.7 Å². The summed E-state index contributed by atoms with van der Waals surface area (Å²) in [7, 11) is 0. The standard InChI is InChI=1S/C25H17N5OS/c1-16-23(19-9-7-17(13-26)8-10-19)25(31)30(29-16)22-12-11-20(14-27-22)24-28-21(15-32-24)18-5-3-2-4-6-18/h2-12,14-15,31H,1H3. The molecule has 0 spiro atoms. The van der Waals surface area contributed by atoms with Crippen LogP contribution in [0.4, 0.5) is 0 Å². The predicted molar refractivity (Wildman–Crippen MR) is 124 cm³/mol. The van der Waals surface area contributed by atoms with Crippen molar-refractivity contribution in [1.82, 2.24) is 19.7 Å². The van der Waals surface area contributed by atoms with Crippen LogP contribution in [-0.2, 0) is 0 Å². The topological polar surface area (TPSA) is 87.6 Å². The van der Waals surface area contributed by atoms with Crippen LogP contribution in [0.5, 0.6) is 5.88 Å². The van der Waals surface area contributed by atoms with Crippen LogP contribution < -0.4 is 0 Å². The second-order valence-electron chi connectivity index (χ2n) is 7.19. The first-order chi connectivity index (χ1) is 15.6. The molecular formula is C25H17N5OS. The Morgan fingerprint density at radius 1 is 0.938 bits per heavy atom. The molecule has 1 N–H and O–H groups in total. The Morgan fingerprint density at radius 2 is 1.69 bits per heavy atom. The lowest BCUT2D eigenvalue weighted by molar-refractivity contribution is 0.433. The van der Waals surface area contributed by atoms with E-state index in [2.05, 4.69) is 16.2 Å². The molecule has 6 nitrogen and oxygen atoms in total. The first-order valence-corrected chi connectivity index (χ1v) is 10.8. The maximum absolute atomic E-state index is 10.8. The minimum Gasteiger partial charge on any atom is -0.493 e. The van der Waals surface area contributed by atoms with Crippen molar-refractivity contribution in [3.8, 4) is 50.7 Å². The third-order valence-corrected chi connectivity index (χ3v) is 6.02. The van der Waals surface area contributed by atoms with Gasteiger partial charge in [-0.25, -0.2) is 9.97 Å². The van der Waals surface area contributed by atoms with E-state index < -0.39 is 0 Å². The lowest BCUT2D eigenvalue weighted by atomic mass is 10.0. The Kier molecular flexibility index (Phi) is 4.98. The summed E-state index contributed by atoms with van der Waals surface area (Å²) in [4.78, 5) is 9.23. The Balaban J connectivity index is 1.45. The summed E-state index contributed by atoms with van der Waals surface area (Å²) < 4.78 is 1.42. The fraction of sp³-hybridized carbons (Fsp3) is 0.0400. The highest BCUT2D eigenvalue weighted by Gasteiger charge is 2.18. The lowest BCUT2D eigenvalue weighted by Gasteiger charge is -2.04. The van der Waals surface area contributed by atoms with Crippen molar-refractivity contribution in [2.24, 2.45) is 0 Å². The predicted octanol–water partition coefficient (Wildman–Crippen LogP) is 5.61. The number of hydrogen-bond donors (Lipinski definition) is 1. The third-order valence-electron chi connectivity index (χ3n) is 5.12. The zero-order chi connectivity index (χ0) is 22.1. The van der Waals surface area contributed by atoms with E-state index in [9.17, 15) is 5.11 Å². The molecule has 7 heteroatoms. The van der Waals surface area contributed by atoms with Gasteiger partial charge in [-0.3, -0.25) is 0 Å². The zero-order valence-corrected chi connectivity index (χ0v) is 17.9. The number of aromatic nitrogens is 4. The van der Waals surface area contributed by atoms with Gasteiger partial charge in [0.15, 0.2) is 5.82 Å². The molecule has 0 amide bonds. The van der Waals surface area contributed by atoms with E-state index in [1.807, 2.05) is 54.8 Å². The van der Waals surface area contributed by atoms with Crippen molar-refractivity contribution < 1.29 is 5.11 Å². The van der Waals surface area contributed by atoms with Crippen LogP contribution in [0, 0.1) is 18.3 Å². The molecule has 0 bridgehead atoms. The first-order valence-electron chi connectivity index (χ1n) is 9.91. The monoisotopic (exact) mass is 435 g/mol. The molecule has 0 aliphatic rings. The van der Waals surface area contributed by atoms with Crippen molar-refractivity contribution in [2.45, 2.75) is 6.92 Å². The van der Waals surface area contributed by atoms with Gasteiger partial charge in [-0.2, -0.15) is 15.0 Å². The fourth-order valence-corrected chi connectivity index (χ4v) is 4.33. The molecule has 0 fully saturated rings. The van der Waals surface area contributed by atoms with Gasteiger partial charge in [0.2, 0.25) is 5.88 Å². The van der Waals surface area contributed by atoms with Crippen molar-refractivity contribution in [1.29, 1.82) is 5.26 Å². The lowest BCUT2D eigenvalue weighted by Crippen LogP contribution is -1.99. The second kappa shape index (κ2) is 8.10. The van der Waals surface area contributed by atoms with Crippen LogP contribution in [0.25, 0.3) is 38.8 Å². The number of nitriles is 1. The largest absolute Gasteiger partial charge is 0.493 e. The van der Waals surface area contributed by atoms with Crippen LogP contribution in [0.2, 0.25) is 0 Å². The SMILES string of the molecule is Cc1nn(-c2ccc(-c3nc(-c4ccccc4)cs3)cn2)c(O)c1-c1ccc(C#N)cc1. The molecule has 0 saturated heterocycles. The number of thiazole rings is 1. The smallest absolute Gasteiger partial charge is 0.223 e. The Labute approximate surface area is 188 Å². The summed E-state index contributed by atoms with van der Waals surface area (Å²) in [5.41, 5.74) is 5.55. The zero-order valence-electron chi connectivity index (χ0n) is 17.1. The van der Waals surface area contributed by atoms with Crippen LogP contribution in [0.3, 0.4) is 0 Å². The molecule has 32 heavy (non-hydrogen) atoms. The van der Waals surface area contributed by atoms with E-state index in [1.165, 1.54) is 4.68 Å². The molecule has 0 aliphatic heterocycles. The van der Waals surface area contributed by atoms with Gasteiger partial charge >= 0.3 is 0 Å². The van der Waals surface area contributed by atoms with Crippen molar-refractivity contribution in [3.05, 3.63) is 89.6 Å². The molecule has 3 heterocycles. The van der Waals surface area contributed by atoms with E-state index in [0.717, 1.165) is 27.4 Å². The summed E-state index contributed by atoms with van der Waals surface area (Å²) in [5.74, 6) is 0.516. The highest BCUT2D eigenvalue weighted by atomic mass is 32.1. The maximum Gasteiger partial charge on any atom is 0.223 e. The highest BCUT2D eigenvalue weighted by Crippen LogP contribution is 2.34. The quantitative estimate of drug-likeness (QED) is 0.396. The van der Waals surface area contributed by atoms with Crippen LogP contribution in [0.1, 0.15) is 11.3 Å². The van der Waals surface area contributed by atoms with Crippen LogP contribution in [0.15, 0.2) is 78.3 Å². The molecule has 3 aromatic heterocycles. The van der Waals surface area contributed by atoms with Gasteiger partial charge in [0.25, 0.3) is 0 Å². The van der Waals surface area contributed by atoms with Gasteiger partial charge in [0.1, 0.15) is 5.01 Å². The maximum atomic E-state index is 10.8. The van der Waals surface area contributed by atoms with E-state index in [1.54, 1.807) is 41.8 Å². The normalized spacial score (nSPS) is 10.8. The Bertz CT molecular complexity index is 1430. The molecule has 5 rings (SSSR count). The third kappa shape index (κ3) is 3.53. The summed E-state index contributed by atoms with van der Waals surface area (Å²) in [6.45, 7) is 1.83. The molecule has 0 atom stereocenters. The summed E-state index contributed by atoms with van der Waals surface area (Å²) in [6, 6.07) is 22.9. The molecular weight excluding hydrogens is 418 g/mol. The molecule has 5 aromatic rings. The number of hydrogen-bond acceptors (Lipinski definition) is 6. The van der Waals surface area contributed by atoms with Crippen molar-refractivity contribution in [3.63, 3.8) is 0 Å². The Hall–Kier alpha value is -4.28. The number of aryl methyl sites for hydroxylation is 1. The van der Waals surface area contributed by atoms with Crippen LogP contribution >= 0.6 is 11.3 Å². The van der Waals surface area contributed by atoms with Gasteiger partial charge in [-0.1, -0.05) is 42.5 Å². The molecule has 0 unspecified atom stereocenters. The summed E-state index contributed by atoms with van der Waals surface area (Å²) >= 11 is 1.56. The number of rotatable bonds is 4. The van der Waals surface area contributed by atoms with Crippen molar-refractivity contribution in [2.75, 3.05) is 0 Å². The summed E-state index contributed by atoms with van der Waals surface area (Å²) in [5, 5.41) is 27.2. The van der Waals surface area contributed by atoms with Gasteiger partial charge in [-0.15, -0.1) is 11.3 Å². The number of pyridine rings is 1. The second-order valence-corrected chi connectivity index (χ2v) is 8.05. The molecule has 0 radical (unpaired) electrons. The molecule has 0 aliphatic carbocycles. The average Bonchev–Trinajstić information content (AvgIpc) is 3.45.